The zero-order valence-electron chi connectivity index (χ0n) is 11.0. The third kappa shape index (κ3) is 5.61. The second-order valence-electron chi connectivity index (χ2n) is 4.20. The molecule has 0 bridgehead atoms. The third-order valence-electron chi connectivity index (χ3n) is 2.43. The summed E-state index contributed by atoms with van der Waals surface area (Å²) in [4.78, 5) is 44.1. The summed E-state index contributed by atoms with van der Waals surface area (Å²) in [7, 11) is -4.92. The Kier molecular flexibility index (Phi) is 9.22. The topological polar surface area (TPSA) is 121 Å². The van der Waals surface area contributed by atoms with E-state index < -0.39 is 24.8 Å². The molecule has 0 aromatic rings. The van der Waals surface area contributed by atoms with Crippen LogP contribution in [0.1, 0.15) is 26.7 Å². The molecule has 18 heavy (non-hydrogen) atoms. The van der Waals surface area contributed by atoms with Gasteiger partial charge in [-0.15, -0.1) is 0 Å². The van der Waals surface area contributed by atoms with Crippen LogP contribution in [-0.4, -0.2) is 23.1 Å². The van der Waals surface area contributed by atoms with Crippen molar-refractivity contribution in [3.05, 3.63) is 0 Å². The van der Waals surface area contributed by atoms with Crippen LogP contribution < -0.4 is 79.5 Å². The smallest absolute Gasteiger partial charge is 0.809 e. The van der Waals surface area contributed by atoms with Gasteiger partial charge in [-0.3, -0.25) is 9.59 Å². The van der Waals surface area contributed by atoms with E-state index in [2.05, 4.69) is 10.6 Å². The maximum absolute atomic E-state index is 11.5. The van der Waals surface area contributed by atoms with Gasteiger partial charge < -0.3 is 25.0 Å². The largest absolute Gasteiger partial charge is 1.00 e. The van der Waals surface area contributed by atoms with E-state index in [1.165, 1.54) is 0 Å². The number of carbonyl (C=O) groups is 2. The molecular formula is C8H13N2Na2O5P. The van der Waals surface area contributed by atoms with Gasteiger partial charge in [0.1, 0.15) is 6.04 Å². The van der Waals surface area contributed by atoms with Crippen LogP contribution in [-0.2, 0) is 14.2 Å². The minimum absolute atomic E-state index is 0. The predicted octanol–water partition coefficient (Wildman–Crippen LogP) is -7.96. The van der Waals surface area contributed by atoms with Crippen LogP contribution >= 0.6 is 7.60 Å². The van der Waals surface area contributed by atoms with Crippen LogP contribution in [0.4, 0.5) is 0 Å². The Morgan fingerprint density at radius 2 is 1.94 bits per heavy atom. The molecule has 0 radical (unpaired) electrons. The van der Waals surface area contributed by atoms with E-state index in [-0.39, 0.29) is 71.4 Å². The van der Waals surface area contributed by atoms with Gasteiger partial charge in [-0.25, -0.2) is 0 Å². The summed E-state index contributed by atoms with van der Waals surface area (Å²) in [5.74, 6) is -0.909. The molecule has 7 nitrogen and oxygen atoms in total. The fourth-order valence-corrected chi connectivity index (χ4v) is 1.51. The molecule has 1 aliphatic heterocycles. The quantitative estimate of drug-likeness (QED) is 0.395. The molecular weight excluding hydrogens is 281 g/mol. The van der Waals surface area contributed by atoms with Crippen LogP contribution in [0.15, 0.2) is 0 Å². The Bertz CT molecular complexity index is 370. The average molecular weight is 294 g/mol. The van der Waals surface area contributed by atoms with Crippen LogP contribution in [0.3, 0.4) is 0 Å². The molecule has 0 aromatic heterocycles. The van der Waals surface area contributed by atoms with Crippen LogP contribution in [0, 0.1) is 0 Å². The predicted molar refractivity (Wildman–Crippen MR) is 51.0 cm³/mol. The molecule has 0 aliphatic carbocycles. The number of rotatable bonds is 3. The van der Waals surface area contributed by atoms with E-state index in [9.17, 15) is 23.9 Å². The van der Waals surface area contributed by atoms with Crippen molar-refractivity contribution in [1.82, 2.24) is 10.6 Å². The summed E-state index contributed by atoms with van der Waals surface area (Å²) in [5.41, 5.74) is 0. The van der Waals surface area contributed by atoms with Crippen molar-refractivity contribution in [2.75, 3.05) is 0 Å². The van der Waals surface area contributed by atoms with E-state index >= 15 is 0 Å². The van der Waals surface area contributed by atoms with Crippen molar-refractivity contribution < 1.29 is 83.1 Å². The summed E-state index contributed by atoms with van der Waals surface area (Å²) in [5, 5.41) is 2.65. The third-order valence-corrected chi connectivity index (χ3v) is 3.91. The molecule has 1 unspecified atom stereocenters. The number of nitrogens with one attached hydrogen (secondary N) is 2. The minimum atomic E-state index is -4.92. The first kappa shape index (κ1) is 21.4. The van der Waals surface area contributed by atoms with Gasteiger partial charge in [0.15, 0.2) is 0 Å². The van der Waals surface area contributed by atoms with Crippen molar-refractivity contribution in [3.63, 3.8) is 0 Å². The van der Waals surface area contributed by atoms with Gasteiger partial charge in [0.05, 0.1) is 5.28 Å². The van der Waals surface area contributed by atoms with Crippen LogP contribution in [0.25, 0.3) is 0 Å². The van der Waals surface area contributed by atoms with E-state index in [1.807, 2.05) is 0 Å². The molecule has 1 heterocycles. The van der Waals surface area contributed by atoms with Gasteiger partial charge in [0.25, 0.3) is 0 Å². The Morgan fingerprint density at radius 1 is 1.44 bits per heavy atom. The van der Waals surface area contributed by atoms with Crippen LogP contribution in [0.5, 0.6) is 0 Å². The van der Waals surface area contributed by atoms with E-state index in [0.717, 1.165) is 13.8 Å². The normalized spacial score (nSPS) is 19.3. The number of carbonyl (C=O) groups excluding carboxylic acids is 2. The van der Waals surface area contributed by atoms with Gasteiger partial charge in [0.2, 0.25) is 11.8 Å². The molecule has 1 atom stereocenters. The Labute approximate surface area is 150 Å². The summed E-state index contributed by atoms with van der Waals surface area (Å²) in [6.07, 6.45) is 0.535. The van der Waals surface area contributed by atoms with Gasteiger partial charge in [0, 0.05) is 6.42 Å². The van der Waals surface area contributed by atoms with E-state index in [0.29, 0.717) is 6.42 Å². The summed E-state index contributed by atoms with van der Waals surface area (Å²) < 4.78 is 10.8. The second kappa shape index (κ2) is 7.76. The van der Waals surface area contributed by atoms with E-state index in [1.54, 1.807) is 0 Å². The molecule has 0 saturated carbocycles. The van der Waals surface area contributed by atoms with Gasteiger partial charge in [-0.05, 0) is 27.9 Å². The molecule has 1 rings (SSSR count). The summed E-state index contributed by atoms with van der Waals surface area (Å²) in [6, 6.07) is -0.752. The van der Waals surface area contributed by atoms with Gasteiger partial charge >= 0.3 is 59.1 Å². The van der Waals surface area contributed by atoms with Crippen LogP contribution in [0.2, 0.25) is 0 Å². The fraction of sp³-hybridized carbons (Fsp3) is 0.750. The molecule has 0 spiro atoms. The van der Waals surface area contributed by atoms with Crippen molar-refractivity contribution in [1.29, 1.82) is 0 Å². The number of amides is 2. The van der Waals surface area contributed by atoms with Gasteiger partial charge in [-0.1, -0.05) is 0 Å². The Balaban J connectivity index is 0. The Hall–Kier alpha value is 1.09. The zero-order chi connectivity index (χ0) is 12.6. The molecule has 92 valence electrons. The number of hydrogen-bond donors (Lipinski definition) is 2. The minimum Gasteiger partial charge on any atom is -0.809 e. The summed E-state index contributed by atoms with van der Waals surface area (Å²) in [6.45, 7) is 2.23. The molecule has 0 aromatic carbocycles. The van der Waals surface area contributed by atoms with Crippen molar-refractivity contribution in [2.45, 2.75) is 38.0 Å². The Morgan fingerprint density at radius 3 is 2.28 bits per heavy atom. The molecule has 2 amide bonds. The van der Waals surface area contributed by atoms with Crippen molar-refractivity contribution in [2.24, 2.45) is 0 Å². The fourth-order valence-electron chi connectivity index (χ4n) is 1.27. The average Bonchev–Trinajstić information content (AvgIpc) is 2.48. The maximum Gasteiger partial charge on any atom is 1.00 e. The second-order valence-corrected chi connectivity index (χ2v) is 6.32. The summed E-state index contributed by atoms with van der Waals surface area (Å²) >= 11 is 0. The molecule has 10 heteroatoms. The monoisotopic (exact) mass is 294 g/mol. The van der Waals surface area contributed by atoms with Crippen molar-refractivity contribution >= 4 is 19.4 Å². The zero-order valence-corrected chi connectivity index (χ0v) is 15.9. The SMILES string of the molecule is CC(C)(NC(=O)C1CCC(=O)N1)P(=O)([O-])[O-].[Na+].[Na+]. The number of hydrogen-bond acceptors (Lipinski definition) is 5. The van der Waals surface area contributed by atoms with Crippen molar-refractivity contribution in [3.8, 4) is 0 Å². The van der Waals surface area contributed by atoms with Gasteiger partial charge in [-0.2, -0.15) is 0 Å². The molecule has 2 N–H and O–H groups in total. The standard InChI is InChI=1S/C8H15N2O5P.2Na/c1-8(2,16(13,14)15)10-7(12)5-3-4-6(11)9-5;;/h5H,3-4H2,1-2H3,(H,9,11)(H,10,12)(H2,13,14,15);;/q;2*+1/p-2. The molecule has 1 aliphatic rings. The van der Waals surface area contributed by atoms with E-state index in [4.69, 9.17) is 0 Å². The first-order valence-electron chi connectivity index (χ1n) is 4.77. The first-order chi connectivity index (χ1) is 7.13. The molecule has 1 saturated heterocycles. The molecule has 1 fully saturated rings. The maximum atomic E-state index is 11.5. The first-order valence-corrected chi connectivity index (χ1v) is 6.31.